The summed E-state index contributed by atoms with van der Waals surface area (Å²) in [5.41, 5.74) is 6.58. The van der Waals surface area contributed by atoms with Gasteiger partial charge in [-0.15, -0.1) is 0 Å². The fraction of sp³-hybridized carbons (Fsp3) is 0.0769. The highest BCUT2D eigenvalue weighted by Crippen LogP contribution is 2.22. The summed E-state index contributed by atoms with van der Waals surface area (Å²) in [5, 5.41) is 11.7. The third-order valence-corrected chi connectivity index (χ3v) is 2.55. The zero-order valence-corrected chi connectivity index (χ0v) is 10.1. The van der Waals surface area contributed by atoms with Crippen LogP contribution in [0.5, 0.6) is 0 Å². The van der Waals surface area contributed by atoms with Crippen molar-refractivity contribution in [3.8, 4) is 0 Å². The lowest BCUT2D eigenvalue weighted by molar-refractivity contribution is 0.0698. The first kappa shape index (κ1) is 12.8. The number of aromatic nitrogens is 1. The van der Waals surface area contributed by atoms with E-state index in [1.807, 2.05) is 6.92 Å². The number of pyridine rings is 1. The van der Waals surface area contributed by atoms with Crippen molar-refractivity contribution in [3.63, 3.8) is 0 Å². The molecule has 5 nitrogen and oxygen atoms in total. The van der Waals surface area contributed by atoms with Crippen LogP contribution in [0.4, 0.5) is 21.6 Å². The topological polar surface area (TPSA) is 88.2 Å². The Morgan fingerprint density at radius 1 is 1.42 bits per heavy atom. The van der Waals surface area contributed by atoms with Gasteiger partial charge in [0.2, 0.25) is 0 Å². The first-order chi connectivity index (χ1) is 8.97. The third kappa shape index (κ3) is 2.79. The largest absolute Gasteiger partial charge is 0.478 e. The summed E-state index contributed by atoms with van der Waals surface area (Å²) in [4.78, 5) is 14.9. The maximum Gasteiger partial charge on any atom is 0.337 e. The summed E-state index contributed by atoms with van der Waals surface area (Å²) >= 11 is 0. The fourth-order valence-corrected chi connectivity index (χ4v) is 1.59. The number of rotatable bonds is 3. The lowest BCUT2D eigenvalue weighted by Crippen LogP contribution is -2.05. The normalized spacial score (nSPS) is 10.2. The van der Waals surface area contributed by atoms with Crippen molar-refractivity contribution in [2.45, 2.75) is 6.92 Å². The first-order valence-corrected chi connectivity index (χ1v) is 5.49. The second-order valence-corrected chi connectivity index (χ2v) is 4.07. The Kier molecular flexibility index (Phi) is 3.33. The van der Waals surface area contributed by atoms with Gasteiger partial charge in [-0.25, -0.2) is 14.2 Å². The van der Waals surface area contributed by atoms with Gasteiger partial charge >= 0.3 is 5.97 Å². The van der Waals surface area contributed by atoms with Gasteiger partial charge in [0, 0.05) is 0 Å². The summed E-state index contributed by atoms with van der Waals surface area (Å²) in [5.74, 6) is -1.38. The molecule has 2 aromatic rings. The molecule has 0 saturated heterocycles. The molecule has 6 heteroatoms. The van der Waals surface area contributed by atoms with Crippen molar-refractivity contribution in [3.05, 3.63) is 47.4 Å². The molecule has 0 spiro atoms. The van der Waals surface area contributed by atoms with Crippen LogP contribution in [0.2, 0.25) is 0 Å². The van der Waals surface area contributed by atoms with Gasteiger partial charge in [-0.3, -0.25) is 0 Å². The van der Waals surface area contributed by atoms with Gasteiger partial charge in [-0.2, -0.15) is 0 Å². The van der Waals surface area contributed by atoms with Gasteiger partial charge in [0.05, 0.1) is 23.1 Å². The van der Waals surface area contributed by atoms with Crippen molar-refractivity contribution in [2.24, 2.45) is 0 Å². The number of carboxylic acid groups (broad SMARTS) is 1. The summed E-state index contributed by atoms with van der Waals surface area (Å²) in [6.45, 7) is 1.82. The molecule has 98 valence electrons. The number of nitrogens with two attached hydrogens (primary N) is 1. The molecule has 1 heterocycles. The summed E-state index contributed by atoms with van der Waals surface area (Å²) in [6, 6.07) is 5.83. The number of carbonyl (C=O) groups is 1. The zero-order chi connectivity index (χ0) is 14.0. The smallest absolute Gasteiger partial charge is 0.337 e. The van der Waals surface area contributed by atoms with Crippen molar-refractivity contribution >= 4 is 23.2 Å². The van der Waals surface area contributed by atoms with Crippen molar-refractivity contribution in [2.75, 3.05) is 11.1 Å². The highest BCUT2D eigenvalue weighted by molar-refractivity contribution is 5.94. The van der Waals surface area contributed by atoms with E-state index in [4.69, 9.17) is 10.8 Å². The third-order valence-electron chi connectivity index (χ3n) is 2.55. The average Bonchev–Trinajstić information content (AvgIpc) is 2.36. The van der Waals surface area contributed by atoms with E-state index < -0.39 is 11.8 Å². The number of hydrogen-bond donors (Lipinski definition) is 3. The number of nitrogens with one attached hydrogen (secondary N) is 1. The molecule has 0 aliphatic heterocycles. The molecule has 4 N–H and O–H groups in total. The van der Waals surface area contributed by atoms with E-state index in [0.29, 0.717) is 0 Å². The molecule has 0 radical (unpaired) electrons. The van der Waals surface area contributed by atoms with Gasteiger partial charge in [-0.05, 0) is 30.7 Å². The summed E-state index contributed by atoms with van der Waals surface area (Å²) in [7, 11) is 0. The van der Waals surface area contributed by atoms with Crippen LogP contribution in [0.15, 0.2) is 30.5 Å². The van der Waals surface area contributed by atoms with Crippen molar-refractivity contribution < 1.29 is 14.3 Å². The molecular formula is C13H12FN3O2. The van der Waals surface area contributed by atoms with E-state index in [9.17, 15) is 9.18 Å². The molecule has 1 aromatic heterocycles. The molecule has 1 aromatic carbocycles. The van der Waals surface area contributed by atoms with E-state index in [0.717, 1.165) is 5.56 Å². The predicted molar refractivity (Wildman–Crippen MR) is 70.0 cm³/mol. The Balaban J connectivity index is 2.36. The Hall–Kier alpha value is -2.63. The number of aromatic carboxylic acids is 1. The van der Waals surface area contributed by atoms with Crippen LogP contribution in [-0.2, 0) is 0 Å². The predicted octanol–water partition coefficient (Wildman–Crippen LogP) is 2.55. The Bertz CT molecular complexity index is 644. The van der Waals surface area contributed by atoms with E-state index in [-0.39, 0.29) is 22.8 Å². The number of benzene rings is 1. The van der Waals surface area contributed by atoms with Crippen LogP contribution in [0.1, 0.15) is 15.9 Å². The van der Waals surface area contributed by atoms with Crippen molar-refractivity contribution in [1.29, 1.82) is 0 Å². The van der Waals surface area contributed by atoms with Crippen LogP contribution < -0.4 is 11.1 Å². The minimum Gasteiger partial charge on any atom is -0.478 e. The van der Waals surface area contributed by atoms with Crippen LogP contribution in [0.25, 0.3) is 0 Å². The van der Waals surface area contributed by atoms with E-state index in [1.165, 1.54) is 18.3 Å². The number of aryl methyl sites for hydroxylation is 1. The minimum absolute atomic E-state index is 0.0581. The second kappa shape index (κ2) is 4.93. The number of hydrogen-bond acceptors (Lipinski definition) is 4. The number of nitrogens with zero attached hydrogens (tertiary/aromatic N) is 1. The molecule has 0 unspecified atom stereocenters. The molecule has 0 amide bonds. The van der Waals surface area contributed by atoms with Gasteiger partial charge < -0.3 is 16.2 Å². The average molecular weight is 261 g/mol. The molecule has 0 saturated carbocycles. The molecule has 0 aliphatic rings. The maximum atomic E-state index is 13.6. The summed E-state index contributed by atoms with van der Waals surface area (Å²) < 4.78 is 13.6. The Morgan fingerprint density at radius 3 is 2.84 bits per heavy atom. The molecule has 0 bridgehead atoms. The monoisotopic (exact) mass is 261 g/mol. The standard InChI is InChI=1S/C13H12FN3O2/c1-7-2-3-9(14)11(4-7)17-12-5-8(13(18)19)10(15)6-16-12/h2-6H,15H2,1H3,(H,16,17)(H,18,19). The highest BCUT2D eigenvalue weighted by Gasteiger charge is 2.11. The molecule has 2 rings (SSSR count). The minimum atomic E-state index is -1.16. The lowest BCUT2D eigenvalue weighted by Gasteiger charge is -2.09. The number of nitrogen functional groups attached to an aromatic ring is 1. The molecule has 0 fully saturated rings. The SMILES string of the molecule is Cc1ccc(F)c(Nc2cc(C(=O)O)c(N)cn2)c1. The second-order valence-electron chi connectivity index (χ2n) is 4.07. The summed E-state index contributed by atoms with van der Waals surface area (Å²) in [6.07, 6.45) is 1.22. The molecule has 0 atom stereocenters. The van der Waals surface area contributed by atoms with Gasteiger partial charge in [0.15, 0.2) is 0 Å². The molecule has 0 aliphatic carbocycles. The Labute approximate surface area is 108 Å². The zero-order valence-electron chi connectivity index (χ0n) is 10.1. The van der Waals surface area contributed by atoms with Crippen LogP contribution in [0, 0.1) is 12.7 Å². The number of anilines is 3. The van der Waals surface area contributed by atoms with Gasteiger partial charge in [0.1, 0.15) is 11.6 Å². The van der Waals surface area contributed by atoms with Crippen LogP contribution in [-0.4, -0.2) is 16.1 Å². The quantitative estimate of drug-likeness (QED) is 0.790. The highest BCUT2D eigenvalue weighted by atomic mass is 19.1. The van der Waals surface area contributed by atoms with E-state index in [2.05, 4.69) is 10.3 Å². The molecule has 19 heavy (non-hydrogen) atoms. The van der Waals surface area contributed by atoms with Gasteiger partial charge in [-0.1, -0.05) is 6.07 Å². The van der Waals surface area contributed by atoms with E-state index in [1.54, 1.807) is 12.1 Å². The van der Waals surface area contributed by atoms with Crippen LogP contribution >= 0.6 is 0 Å². The molecular weight excluding hydrogens is 249 g/mol. The lowest BCUT2D eigenvalue weighted by atomic mass is 10.2. The van der Waals surface area contributed by atoms with E-state index >= 15 is 0 Å². The van der Waals surface area contributed by atoms with Crippen molar-refractivity contribution in [1.82, 2.24) is 4.98 Å². The van der Waals surface area contributed by atoms with Crippen LogP contribution in [0.3, 0.4) is 0 Å². The first-order valence-electron chi connectivity index (χ1n) is 5.49. The Morgan fingerprint density at radius 2 is 2.16 bits per heavy atom. The number of halogens is 1. The van der Waals surface area contributed by atoms with Gasteiger partial charge in [0.25, 0.3) is 0 Å². The number of carboxylic acids is 1. The fourth-order valence-electron chi connectivity index (χ4n) is 1.59. The maximum absolute atomic E-state index is 13.6.